The van der Waals surface area contributed by atoms with Gasteiger partial charge in [0.15, 0.2) is 0 Å². The van der Waals surface area contributed by atoms with Crippen molar-refractivity contribution in [1.82, 2.24) is 19.9 Å². The maximum Gasteiger partial charge on any atom is 0.264 e. The number of aromatic nitrogens is 4. The van der Waals surface area contributed by atoms with Gasteiger partial charge in [0, 0.05) is 32.0 Å². The molecule has 0 amide bonds. The van der Waals surface area contributed by atoms with Crippen LogP contribution in [0.1, 0.15) is 16.3 Å². The lowest BCUT2D eigenvalue weighted by Crippen LogP contribution is -2.15. The number of hydrogen-bond donors (Lipinski definition) is 2. The smallest absolute Gasteiger partial charge is 0.264 e. The molecule has 11 heteroatoms. The third-order valence-electron chi connectivity index (χ3n) is 5.43. The van der Waals surface area contributed by atoms with Gasteiger partial charge >= 0.3 is 0 Å². The molecular formula is C25H21BrN6O2S2. The van der Waals surface area contributed by atoms with E-state index in [9.17, 15) is 8.42 Å². The van der Waals surface area contributed by atoms with E-state index in [0.717, 1.165) is 30.7 Å². The normalized spacial score (nSPS) is 11.6. The SMILES string of the molecule is Cc1cc(C)nc(NS(=O)(=O)c2ccc(Nc3ncnc4sc(C)c(-c5ccc(Br)cc5)c34)cc2)n1. The fraction of sp³-hybridized carbons (Fsp3) is 0.120. The second kappa shape index (κ2) is 9.57. The van der Waals surface area contributed by atoms with Gasteiger partial charge in [0.25, 0.3) is 10.0 Å². The maximum atomic E-state index is 12.9. The number of thiophene rings is 1. The minimum atomic E-state index is -3.84. The number of aryl methyl sites for hydroxylation is 3. The zero-order chi connectivity index (χ0) is 25.4. The Labute approximate surface area is 221 Å². The largest absolute Gasteiger partial charge is 0.340 e. The summed E-state index contributed by atoms with van der Waals surface area (Å²) in [6.45, 7) is 5.64. The van der Waals surface area contributed by atoms with E-state index in [-0.39, 0.29) is 10.8 Å². The van der Waals surface area contributed by atoms with Crippen LogP contribution in [0.3, 0.4) is 0 Å². The summed E-state index contributed by atoms with van der Waals surface area (Å²) in [6, 6.07) is 16.4. The van der Waals surface area contributed by atoms with Gasteiger partial charge < -0.3 is 5.32 Å². The molecule has 5 rings (SSSR count). The topological polar surface area (TPSA) is 110 Å². The second-order valence-electron chi connectivity index (χ2n) is 8.17. The molecule has 0 saturated heterocycles. The summed E-state index contributed by atoms with van der Waals surface area (Å²) >= 11 is 5.10. The van der Waals surface area contributed by atoms with Crippen LogP contribution in [0.15, 0.2) is 70.3 Å². The van der Waals surface area contributed by atoms with Crippen LogP contribution in [0.25, 0.3) is 21.3 Å². The van der Waals surface area contributed by atoms with E-state index >= 15 is 0 Å². The molecular weight excluding hydrogens is 560 g/mol. The van der Waals surface area contributed by atoms with Gasteiger partial charge in [-0.3, -0.25) is 0 Å². The van der Waals surface area contributed by atoms with Gasteiger partial charge in [-0.1, -0.05) is 28.1 Å². The van der Waals surface area contributed by atoms with Crippen LogP contribution in [-0.4, -0.2) is 28.4 Å². The van der Waals surface area contributed by atoms with Crippen LogP contribution in [0.5, 0.6) is 0 Å². The van der Waals surface area contributed by atoms with Crippen molar-refractivity contribution in [3.63, 3.8) is 0 Å². The van der Waals surface area contributed by atoms with Gasteiger partial charge in [-0.2, -0.15) is 0 Å². The molecule has 0 aliphatic heterocycles. The van der Waals surface area contributed by atoms with Crippen molar-refractivity contribution in [2.45, 2.75) is 25.7 Å². The van der Waals surface area contributed by atoms with E-state index in [4.69, 9.17) is 0 Å². The van der Waals surface area contributed by atoms with E-state index < -0.39 is 10.0 Å². The number of benzene rings is 2. The van der Waals surface area contributed by atoms with Crippen molar-refractivity contribution in [3.8, 4) is 11.1 Å². The molecule has 182 valence electrons. The molecule has 0 aliphatic carbocycles. The van der Waals surface area contributed by atoms with Gasteiger partial charge in [-0.25, -0.2) is 33.1 Å². The first kappa shape index (κ1) is 24.3. The van der Waals surface area contributed by atoms with Gasteiger partial charge in [0.05, 0.1) is 10.3 Å². The average Bonchev–Trinajstić information content (AvgIpc) is 3.16. The van der Waals surface area contributed by atoms with E-state index in [2.05, 4.69) is 65.0 Å². The van der Waals surface area contributed by atoms with E-state index in [1.54, 1.807) is 43.4 Å². The standard InChI is InChI=1S/C25H21BrN6O2S2/c1-14-12-15(2)30-25(29-14)32-36(33,34)20-10-8-19(9-11-20)31-23-22-21(17-4-6-18(26)7-5-17)16(3)35-24(22)28-13-27-23/h4-13H,1-3H3,(H,27,28,31)(H,29,30,32). The van der Waals surface area contributed by atoms with Gasteiger partial charge in [-0.15, -0.1) is 11.3 Å². The molecule has 0 unspecified atom stereocenters. The van der Waals surface area contributed by atoms with Crippen molar-refractivity contribution >= 4 is 65.0 Å². The monoisotopic (exact) mass is 580 g/mol. The number of hydrogen-bond acceptors (Lipinski definition) is 8. The highest BCUT2D eigenvalue weighted by atomic mass is 79.9. The molecule has 0 radical (unpaired) electrons. The van der Waals surface area contributed by atoms with Crippen molar-refractivity contribution in [2.75, 3.05) is 10.0 Å². The fourth-order valence-electron chi connectivity index (χ4n) is 3.91. The Morgan fingerprint density at radius 1 is 0.889 bits per heavy atom. The summed E-state index contributed by atoms with van der Waals surface area (Å²) in [7, 11) is -3.84. The second-order valence-corrected chi connectivity index (χ2v) is 12.0. The molecule has 0 aliphatic rings. The molecule has 0 saturated carbocycles. The molecule has 0 atom stereocenters. The lowest BCUT2D eigenvalue weighted by molar-refractivity contribution is 0.601. The Balaban J connectivity index is 1.45. The van der Waals surface area contributed by atoms with E-state index in [0.29, 0.717) is 22.9 Å². The van der Waals surface area contributed by atoms with Crippen LogP contribution in [-0.2, 0) is 10.0 Å². The quantitative estimate of drug-likeness (QED) is 0.240. The first-order valence-corrected chi connectivity index (χ1v) is 14.0. The van der Waals surface area contributed by atoms with Gasteiger partial charge in [0.2, 0.25) is 5.95 Å². The number of sulfonamides is 1. The summed E-state index contributed by atoms with van der Waals surface area (Å²) < 4.78 is 29.2. The third-order valence-corrected chi connectivity index (χ3v) is 8.32. The average molecular weight is 582 g/mol. The van der Waals surface area contributed by atoms with Crippen LogP contribution >= 0.6 is 27.3 Å². The summed E-state index contributed by atoms with van der Waals surface area (Å²) in [6.07, 6.45) is 1.53. The molecule has 2 N–H and O–H groups in total. The first-order chi connectivity index (χ1) is 17.2. The molecule has 36 heavy (non-hydrogen) atoms. The van der Waals surface area contributed by atoms with E-state index in [1.165, 1.54) is 18.5 Å². The predicted octanol–water partition coefficient (Wildman–Crippen LogP) is 6.38. The minimum absolute atomic E-state index is 0.0476. The van der Waals surface area contributed by atoms with Crippen LogP contribution in [0.4, 0.5) is 17.5 Å². The van der Waals surface area contributed by atoms with E-state index in [1.807, 2.05) is 12.1 Å². The van der Waals surface area contributed by atoms with Crippen molar-refractivity contribution in [2.24, 2.45) is 0 Å². The number of halogens is 1. The fourth-order valence-corrected chi connectivity index (χ4v) is 6.13. The van der Waals surface area contributed by atoms with Crippen LogP contribution in [0.2, 0.25) is 0 Å². The summed E-state index contributed by atoms with van der Waals surface area (Å²) in [5.41, 5.74) is 4.20. The molecule has 0 fully saturated rings. The molecule has 5 aromatic rings. The van der Waals surface area contributed by atoms with Gasteiger partial charge in [-0.05, 0) is 68.8 Å². The summed E-state index contributed by atoms with van der Waals surface area (Å²) in [5.74, 6) is 0.700. The Hall–Kier alpha value is -3.41. The highest BCUT2D eigenvalue weighted by molar-refractivity contribution is 9.10. The summed E-state index contributed by atoms with van der Waals surface area (Å²) in [4.78, 5) is 19.4. The Morgan fingerprint density at radius 3 is 2.22 bits per heavy atom. The van der Waals surface area contributed by atoms with Crippen molar-refractivity contribution in [3.05, 3.63) is 81.7 Å². The van der Waals surface area contributed by atoms with Crippen LogP contribution in [0, 0.1) is 20.8 Å². The Bertz CT molecular complexity index is 1660. The van der Waals surface area contributed by atoms with Crippen LogP contribution < -0.4 is 10.0 Å². The predicted molar refractivity (Wildman–Crippen MR) is 147 cm³/mol. The number of rotatable bonds is 6. The Morgan fingerprint density at radius 2 is 1.56 bits per heavy atom. The summed E-state index contributed by atoms with van der Waals surface area (Å²) in [5, 5.41) is 4.26. The number of nitrogens with zero attached hydrogens (tertiary/aromatic N) is 4. The zero-order valence-corrected chi connectivity index (χ0v) is 22.8. The Kier molecular flexibility index (Phi) is 6.45. The first-order valence-electron chi connectivity index (χ1n) is 10.9. The molecule has 0 bridgehead atoms. The number of nitrogens with one attached hydrogen (secondary N) is 2. The third kappa shape index (κ3) is 4.95. The van der Waals surface area contributed by atoms with Crippen molar-refractivity contribution < 1.29 is 8.42 Å². The molecule has 8 nitrogen and oxygen atoms in total. The minimum Gasteiger partial charge on any atom is -0.340 e. The number of fused-ring (bicyclic) bond motifs is 1. The molecule has 2 aromatic carbocycles. The van der Waals surface area contributed by atoms with Gasteiger partial charge in [0.1, 0.15) is 17.0 Å². The lowest BCUT2D eigenvalue weighted by Gasteiger charge is -2.11. The van der Waals surface area contributed by atoms with Crippen molar-refractivity contribution in [1.29, 1.82) is 0 Å². The maximum absolute atomic E-state index is 12.9. The lowest BCUT2D eigenvalue weighted by atomic mass is 10.0. The zero-order valence-electron chi connectivity index (χ0n) is 19.6. The molecule has 3 heterocycles. The molecule has 0 spiro atoms. The highest BCUT2D eigenvalue weighted by Gasteiger charge is 2.19. The highest BCUT2D eigenvalue weighted by Crippen LogP contribution is 2.41. The molecule has 3 aromatic heterocycles. The number of anilines is 3.